The molecule has 1 aliphatic heterocycles. The van der Waals surface area contributed by atoms with Crippen LogP contribution in [0.25, 0.3) is 10.9 Å². The van der Waals surface area contributed by atoms with Gasteiger partial charge in [-0.05, 0) is 25.1 Å². The first-order valence-electron chi connectivity index (χ1n) is 8.03. The molecule has 1 fully saturated rings. The van der Waals surface area contributed by atoms with E-state index in [1.807, 2.05) is 31.3 Å². The molecule has 130 valence electrons. The number of amides is 1. The number of fused-ring (bicyclic) bond motifs is 1. The summed E-state index contributed by atoms with van der Waals surface area (Å²) in [6, 6.07) is 5.58. The van der Waals surface area contributed by atoms with Crippen LogP contribution in [-0.2, 0) is 18.4 Å². The number of thiazole rings is 1. The van der Waals surface area contributed by atoms with Gasteiger partial charge in [0.15, 0.2) is 0 Å². The predicted molar refractivity (Wildman–Crippen MR) is 93.7 cm³/mol. The van der Waals surface area contributed by atoms with Crippen LogP contribution in [0.15, 0.2) is 24.4 Å². The number of carbonyl (C=O) groups is 1. The molecule has 8 heteroatoms. The van der Waals surface area contributed by atoms with E-state index in [1.165, 1.54) is 0 Å². The highest BCUT2D eigenvalue weighted by atomic mass is 32.1. The van der Waals surface area contributed by atoms with E-state index >= 15 is 0 Å². The molecule has 4 rings (SSSR count). The Kier molecular flexibility index (Phi) is 4.14. The van der Waals surface area contributed by atoms with Gasteiger partial charge in [-0.25, -0.2) is 4.98 Å². The average molecular weight is 358 g/mol. The topological polar surface area (TPSA) is 78.3 Å². The van der Waals surface area contributed by atoms with Crippen LogP contribution in [-0.4, -0.2) is 33.5 Å². The second-order valence-corrected chi connectivity index (χ2v) is 7.23. The maximum absolute atomic E-state index is 12.5. The average Bonchev–Trinajstić information content (AvgIpc) is 3.10. The number of aryl methyl sites for hydroxylation is 2. The molecule has 1 amide bonds. The summed E-state index contributed by atoms with van der Waals surface area (Å²) < 4.78 is 12.7. The number of ether oxygens (including phenoxy) is 2. The van der Waals surface area contributed by atoms with E-state index in [9.17, 15) is 4.79 Å². The Labute approximate surface area is 148 Å². The molecular weight excluding hydrogens is 340 g/mol. The number of hydrogen-bond donors (Lipinski definition) is 1. The molecule has 0 saturated carbocycles. The number of rotatable bonds is 5. The quantitative estimate of drug-likeness (QED) is 0.758. The Hall–Kier alpha value is -2.45. The molecule has 25 heavy (non-hydrogen) atoms. The summed E-state index contributed by atoms with van der Waals surface area (Å²) in [7, 11) is 1.76. The van der Waals surface area contributed by atoms with Crippen molar-refractivity contribution < 1.29 is 14.3 Å². The lowest BCUT2D eigenvalue weighted by Crippen LogP contribution is -2.44. The zero-order valence-electron chi connectivity index (χ0n) is 14.0. The van der Waals surface area contributed by atoms with Gasteiger partial charge in [0.05, 0.1) is 22.0 Å². The first kappa shape index (κ1) is 16.0. The van der Waals surface area contributed by atoms with Gasteiger partial charge in [-0.15, -0.1) is 11.3 Å². The molecule has 3 aromatic rings. The highest BCUT2D eigenvalue weighted by Crippen LogP contribution is 2.25. The van der Waals surface area contributed by atoms with Crippen LogP contribution in [0.5, 0.6) is 5.75 Å². The zero-order chi connectivity index (χ0) is 17.4. The molecule has 1 aliphatic rings. The van der Waals surface area contributed by atoms with Crippen molar-refractivity contribution in [3.63, 3.8) is 0 Å². The summed E-state index contributed by atoms with van der Waals surface area (Å²) >= 11 is 1.61. The standard InChI is InChI=1S/C17H18N4O3S/c1-10-18-8-12(25-10)9-24-11-3-4-14-13(7-11)16(21(2)20-14)17(22)19-15-5-6-23-15/h3-4,7-8,15H,5-6,9H2,1-2H3,(H,19,22). The minimum absolute atomic E-state index is 0.190. The number of nitrogens with one attached hydrogen (secondary N) is 1. The van der Waals surface area contributed by atoms with Crippen LogP contribution < -0.4 is 10.1 Å². The summed E-state index contributed by atoms with van der Waals surface area (Å²) in [5.74, 6) is 0.505. The predicted octanol–water partition coefficient (Wildman–Crippen LogP) is 2.39. The number of nitrogens with zero attached hydrogens (tertiary/aromatic N) is 3. The summed E-state index contributed by atoms with van der Waals surface area (Å²) in [5, 5.41) is 9.04. The van der Waals surface area contributed by atoms with Gasteiger partial charge in [0, 0.05) is 25.1 Å². The second-order valence-electron chi connectivity index (χ2n) is 5.91. The number of carbonyl (C=O) groups excluding carboxylic acids is 1. The fraction of sp³-hybridized carbons (Fsp3) is 0.353. The maximum atomic E-state index is 12.5. The van der Waals surface area contributed by atoms with Crippen LogP contribution in [0.2, 0.25) is 0 Å². The summed E-state index contributed by atoms with van der Waals surface area (Å²) in [4.78, 5) is 17.8. The Morgan fingerprint density at radius 1 is 1.52 bits per heavy atom. The van der Waals surface area contributed by atoms with Gasteiger partial charge < -0.3 is 14.8 Å². The summed E-state index contributed by atoms with van der Waals surface area (Å²) in [6.07, 6.45) is 2.45. The SMILES string of the molecule is Cc1ncc(COc2ccc3nn(C)c(C(=O)NC4CCO4)c3c2)s1. The van der Waals surface area contributed by atoms with Crippen molar-refractivity contribution in [3.8, 4) is 5.75 Å². The molecule has 0 spiro atoms. The number of hydrogen-bond acceptors (Lipinski definition) is 6. The van der Waals surface area contributed by atoms with Gasteiger partial charge >= 0.3 is 0 Å². The van der Waals surface area contributed by atoms with Crippen molar-refractivity contribution in [2.24, 2.45) is 7.05 Å². The lowest BCUT2D eigenvalue weighted by molar-refractivity contribution is -0.0648. The molecule has 0 radical (unpaired) electrons. The van der Waals surface area contributed by atoms with E-state index in [-0.39, 0.29) is 12.1 Å². The monoisotopic (exact) mass is 358 g/mol. The van der Waals surface area contributed by atoms with Gasteiger partial charge in [-0.3, -0.25) is 9.48 Å². The first-order valence-corrected chi connectivity index (χ1v) is 8.85. The van der Waals surface area contributed by atoms with Crippen molar-refractivity contribution >= 4 is 28.1 Å². The van der Waals surface area contributed by atoms with Gasteiger partial charge in [-0.2, -0.15) is 5.10 Å². The minimum Gasteiger partial charge on any atom is -0.488 e. The molecule has 1 saturated heterocycles. The fourth-order valence-electron chi connectivity index (χ4n) is 2.73. The van der Waals surface area contributed by atoms with Crippen molar-refractivity contribution in [2.45, 2.75) is 26.2 Å². The Balaban J connectivity index is 1.57. The minimum atomic E-state index is -0.202. The molecule has 1 unspecified atom stereocenters. The molecule has 0 bridgehead atoms. The van der Waals surface area contributed by atoms with E-state index in [1.54, 1.807) is 23.1 Å². The van der Waals surface area contributed by atoms with Gasteiger partial charge in [0.1, 0.15) is 24.3 Å². The number of aromatic nitrogens is 3. The van der Waals surface area contributed by atoms with Crippen molar-refractivity contribution in [3.05, 3.63) is 40.0 Å². The molecule has 1 atom stereocenters. The largest absolute Gasteiger partial charge is 0.488 e. The first-order chi connectivity index (χ1) is 12.1. The van der Waals surface area contributed by atoms with E-state index in [0.29, 0.717) is 24.7 Å². The Morgan fingerprint density at radius 3 is 3.04 bits per heavy atom. The van der Waals surface area contributed by atoms with Crippen molar-refractivity contribution in [1.29, 1.82) is 0 Å². The van der Waals surface area contributed by atoms with E-state index < -0.39 is 0 Å². The maximum Gasteiger partial charge on any atom is 0.272 e. The van der Waals surface area contributed by atoms with E-state index in [2.05, 4.69) is 15.4 Å². The molecule has 1 N–H and O–H groups in total. The van der Waals surface area contributed by atoms with E-state index in [0.717, 1.165) is 27.2 Å². The Bertz CT molecular complexity index is 929. The summed E-state index contributed by atoms with van der Waals surface area (Å²) in [5.41, 5.74) is 1.26. The smallest absolute Gasteiger partial charge is 0.272 e. The molecule has 0 aliphatic carbocycles. The van der Waals surface area contributed by atoms with Crippen LogP contribution in [0.1, 0.15) is 26.8 Å². The molecular formula is C17H18N4O3S. The van der Waals surface area contributed by atoms with E-state index in [4.69, 9.17) is 9.47 Å². The molecule has 7 nitrogen and oxygen atoms in total. The Morgan fingerprint density at radius 2 is 2.36 bits per heavy atom. The van der Waals surface area contributed by atoms with Crippen LogP contribution >= 0.6 is 11.3 Å². The third-order valence-electron chi connectivity index (χ3n) is 4.06. The third-order valence-corrected chi connectivity index (χ3v) is 4.95. The highest BCUT2D eigenvalue weighted by Gasteiger charge is 2.24. The summed E-state index contributed by atoms with van der Waals surface area (Å²) in [6.45, 7) is 3.10. The normalized spacial score (nSPS) is 16.6. The fourth-order valence-corrected chi connectivity index (χ4v) is 3.44. The molecule has 3 heterocycles. The van der Waals surface area contributed by atoms with Gasteiger partial charge in [0.2, 0.25) is 0 Å². The number of benzene rings is 1. The molecule has 2 aromatic heterocycles. The van der Waals surface area contributed by atoms with Gasteiger partial charge in [-0.1, -0.05) is 0 Å². The lowest BCUT2D eigenvalue weighted by Gasteiger charge is -2.27. The second kappa shape index (κ2) is 6.45. The molecule has 1 aromatic carbocycles. The van der Waals surface area contributed by atoms with Crippen molar-refractivity contribution in [1.82, 2.24) is 20.1 Å². The third kappa shape index (κ3) is 3.22. The van der Waals surface area contributed by atoms with Crippen LogP contribution in [0.3, 0.4) is 0 Å². The van der Waals surface area contributed by atoms with Crippen molar-refractivity contribution in [2.75, 3.05) is 6.61 Å². The van der Waals surface area contributed by atoms with Crippen LogP contribution in [0, 0.1) is 6.92 Å². The zero-order valence-corrected chi connectivity index (χ0v) is 14.8. The van der Waals surface area contributed by atoms with Crippen LogP contribution in [0.4, 0.5) is 0 Å². The van der Waals surface area contributed by atoms with Gasteiger partial charge in [0.25, 0.3) is 5.91 Å². The highest BCUT2D eigenvalue weighted by molar-refractivity contribution is 7.11. The lowest BCUT2D eigenvalue weighted by atomic mass is 10.2.